The van der Waals surface area contributed by atoms with Gasteiger partial charge < -0.3 is 15.5 Å². The summed E-state index contributed by atoms with van der Waals surface area (Å²) in [6, 6.07) is 0.892. The van der Waals surface area contributed by atoms with Crippen molar-refractivity contribution in [3.8, 4) is 0 Å². The number of amides is 1. The Bertz CT molecular complexity index is 268. The summed E-state index contributed by atoms with van der Waals surface area (Å²) in [6.07, 6.45) is 4.54. The Morgan fingerprint density at radius 3 is 1.83 bits per heavy atom. The maximum Gasteiger partial charge on any atom is 0.239 e. The first-order valence-corrected chi connectivity index (χ1v) is 7.08. The second-order valence-electron chi connectivity index (χ2n) is 6.05. The van der Waals surface area contributed by atoms with E-state index >= 15 is 0 Å². The van der Waals surface area contributed by atoms with Gasteiger partial charge in [-0.2, -0.15) is 0 Å². The molecule has 0 radical (unpaired) electrons. The van der Waals surface area contributed by atoms with Gasteiger partial charge in [-0.1, -0.05) is 0 Å². The molecule has 4 nitrogen and oxygen atoms in total. The molecule has 0 spiro atoms. The van der Waals surface area contributed by atoms with Crippen LogP contribution in [0.3, 0.4) is 0 Å². The van der Waals surface area contributed by atoms with Gasteiger partial charge in [0, 0.05) is 18.1 Å². The van der Waals surface area contributed by atoms with Crippen LogP contribution in [0.4, 0.5) is 0 Å². The minimum atomic E-state index is -0.390. The molecule has 0 saturated heterocycles. The highest BCUT2D eigenvalue weighted by molar-refractivity contribution is 5.81. The van der Waals surface area contributed by atoms with Gasteiger partial charge in [0.1, 0.15) is 0 Å². The molecule has 4 heteroatoms. The number of carbonyl (C=O) groups is 1. The van der Waals surface area contributed by atoms with Crippen LogP contribution in [0.2, 0.25) is 0 Å². The summed E-state index contributed by atoms with van der Waals surface area (Å²) >= 11 is 0. The van der Waals surface area contributed by atoms with Crippen LogP contribution in [0.5, 0.6) is 0 Å². The smallest absolute Gasteiger partial charge is 0.239 e. The van der Waals surface area contributed by atoms with E-state index in [-0.39, 0.29) is 18.0 Å². The minimum Gasteiger partial charge on any atom is -0.336 e. The van der Waals surface area contributed by atoms with E-state index < -0.39 is 0 Å². The van der Waals surface area contributed by atoms with Crippen molar-refractivity contribution in [1.82, 2.24) is 9.80 Å². The van der Waals surface area contributed by atoms with E-state index in [0.717, 1.165) is 12.8 Å². The molecule has 2 N–H and O–H groups in total. The monoisotopic (exact) mass is 255 g/mol. The first-order valence-electron chi connectivity index (χ1n) is 7.08. The highest BCUT2D eigenvalue weighted by Gasteiger charge is 2.31. The number of hydrogen-bond acceptors (Lipinski definition) is 3. The summed E-state index contributed by atoms with van der Waals surface area (Å²) in [5.74, 6) is 0.0957. The Morgan fingerprint density at radius 2 is 1.50 bits per heavy atom. The molecule has 18 heavy (non-hydrogen) atoms. The molecular formula is C14H29N3O. The Labute approximate surface area is 111 Å². The van der Waals surface area contributed by atoms with Crippen molar-refractivity contribution in [3.63, 3.8) is 0 Å². The van der Waals surface area contributed by atoms with Crippen LogP contribution in [0.1, 0.15) is 46.5 Å². The predicted octanol–water partition coefficient (Wildman–Crippen LogP) is 1.44. The van der Waals surface area contributed by atoms with Crippen LogP contribution in [0, 0.1) is 0 Å². The van der Waals surface area contributed by atoms with E-state index in [1.807, 2.05) is 4.90 Å². The molecule has 0 aromatic rings. The van der Waals surface area contributed by atoms with E-state index in [9.17, 15) is 4.79 Å². The zero-order chi connectivity index (χ0) is 13.9. The van der Waals surface area contributed by atoms with Crippen LogP contribution in [0.25, 0.3) is 0 Å². The van der Waals surface area contributed by atoms with Crippen molar-refractivity contribution in [3.05, 3.63) is 0 Å². The van der Waals surface area contributed by atoms with Gasteiger partial charge in [0.05, 0.1) is 6.04 Å². The van der Waals surface area contributed by atoms with Gasteiger partial charge in [-0.05, 0) is 60.5 Å². The topological polar surface area (TPSA) is 49.6 Å². The average molecular weight is 255 g/mol. The summed E-state index contributed by atoms with van der Waals surface area (Å²) in [7, 11) is 4.27. The first kappa shape index (κ1) is 15.4. The van der Waals surface area contributed by atoms with E-state index in [2.05, 4.69) is 32.8 Å². The Hall–Kier alpha value is -0.610. The zero-order valence-electron chi connectivity index (χ0n) is 12.5. The summed E-state index contributed by atoms with van der Waals surface area (Å²) in [5.41, 5.74) is 5.76. The number of nitrogens with two attached hydrogens (primary N) is 1. The van der Waals surface area contributed by atoms with Crippen molar-refractivity contribution < 1.29 is 4.79 Å². The lowest BCUT2D eigenvalue weighted by Gasteiger charge is -2.41. The van der Waals surface area contributed by atoms with E-state index in [0.29, 0.717) is 12.1 Å². The molecule has 0 aromatic heterocycles. The molecule has 1 amide bonds. The van der Waals surface area contributed by atoms with Crippen LogP contribution < -0.4 is 5.73 Å². The van der Waals surface area contributed by atoms with E-state index in [1.54, 1.807) is 6.92 Å². The Kier molecular flexibility index (Phi) is 5.60. The van der Waals surface area contributed by atoms with Crippen molar-refractivity contribution >= 4 is 5.91 Å². The van der Waals surface area contributed by atoms with Crippen LogP contribution >= 0.6 is 0 Å². The molecule has 1 saturated carbocycles. The summed E-state index contributed by atoms with van der Waals surface area (Å²) in [4.78, 5) is 16.5. The molecule has 1 aliphatic rings. The number of rotatable bonds is 4. The van der Waals surface area contributed by atoms with Crippen LogP contribution in [0.15, 0.2) is 0 Å². The minimum absolute atomic E-state index is 0.0957. The fraction of sp³-hybridized carbons (Fsp3) is 0.929. The number of hydrogen-bond donors (Lipinski definition) is 1. The van der Waals surface area contributed by atoms with Crippen molar-refractivity contribution in [2.75, 3.05) is 14.1 Å². The maximum atomic E-state index is 12.2. The van der Waals surface area contributed by atoms with Gasteiger partial charge in [0.2, 0.25) is 5.91 Å². The third-order valence-corrected chi connectivity index (χ3v) is 3.99. The van der Waals surface area contributed by atoms with Crippen molar-refractivity contribution in [1.29, 1.82) is 0 Å². The quantitative estimate of drug-likeness (QED) is 0.827. The Balaban J connectivity index is 2.64. The molecular weight excluding hydrogens is 226 g/mol. The summed E-state index contributed by atoms with van der Waals surface area (Å²) < 4.78 is 0. The van der Waals surface area contributed by atoms with Gasteiger partial charge in [0.15, 0.2) is 0 Å². The summed E-state index contributed by atoms with van der Waals surface area (Å²) in [6.45, 7) is 5.94. The second kappa shape index (κ2) is 6.53. The van der Waals surface area contributed by atoms with Crippen molar-refractivity contribution in [2.24, 2.45) is 5.73 Å². The largest absolute Gasteiger partial charge is 0.336 e. The lowest BCUT2D eigenvalue weighted by Crippen LogP contribution is -2.52. The highest BCUT2D eigenvalue weighted by Crippen LogP contribution is 2.27. The van der Waals surface area contributed by atoms with Gasteiger partial charge in [-0.25, -0.2) is 0 Å². The molecule has 1 fully saturated rings. The van der Waals surface area contributed by atoms with Gasteiger partial charge in [-0.15, -0.1) is 0 Å². The lowest BCUT2D eigenvalue weighted by atomic mass is 9.88. The van der Waals surface area contributed by atoms with Gasteiger partial charge in [-0.3, -0.25) is 4.79 Å². The molecule has 1 atom stereocenters. The van der Waals surface area contributed by atoms with Crippen LogP contribution in [-0.2, 0) is 4.79 Å². The molecule has 1 aliphatic carbocycles. The first-order chi connectivity index (χ1) is 8.34. The van der Waals surface area contributed by atoms with E-state index in [1.165, 1.54) is 12.8 Å². The van der Waals surface area contributed by atoms with E-state index in [4.69, 9.17) is 5.73 Å². The maximum absolute atomic E-state index is 12.2. The third kappa shape index (κ3) is 3.69. The molecule has 0 aliphatic heterocycles. The average Bonchev–Trinajstić information content (AvgIpc) is 2.29. The fourth-order valence-corrected chi connectivity index (χ4v) is 2.94. The molecule has 1 unspecified atom stereocenters. The van der Waals surface area contributed by atoms with Gasteiger partial charge in [0.25, 0.3) is 0 Å². The molecule has 1 rings (SSSR count). The number of carbonyl (C=O) groups excluding carboxylic acids is 1. The second-order valence-corrected chi connectivity index (χ2v) is 6.05. The predicted molar refractivity (Wildman–Crippen MR) is 75.4 cm³/mol. The van der Waals surface area contributed by atoms with Crippen LogP contribution in [-0.4, -0.2) is 54.0 Å². The Morgan fingerprint density at radius 1 is 1.06 bits per heavy atom. The molecule has 0 heterocycles. The molecule has 106 valence electrons. The van der Waals surface area contributed by atoms with Gasteiger partial charge >= 0.3 is 0 Å². The SMILES string of the molecule is CC(N)C(=O)N(C(C)C)C1CCC(N(C)C)CC1. The molecule has 0 aromatic carbocycles. The number of nitrogens with zero attached hydrogens (tertiary/aromatic N) is 2. The normalized spacial score (nSPS) is 26.4. The zero-order valence-corrected chi connectivity index (χ0v) is 12.5. The third-order valence-electron chi connectivity index (χ3n) is 3.99. The summed E-state index contributed by atoms with van der Waals surface area (Å²) in [5, 5.41) is 0. The fourth-order valence-electron chi connectivity index (χ4n) is 2.94. The molecule has 0 bridgehead atoms. The highest BCUT2D eigenvalue weighted by atomic mass is 16.2. The van der Waals surface area contributed by atoms with Crippen molar-refractivity contribution in [2.45, 2.75) is 70.6 Å². The standard InChI is InChI=1S/C14H29N3O/c1-10(2)17(14(18)11(3)15)13-8-6-12(7-9-13)16(4)5/h10-13H,6-9,15H2,1-5H3. The lowest BCUT2D eigenvalue weighted by molar-refractivity contribution is -0.137.